The molecule has 0 spiro atoms. The fraction of sp³-hybridized carbons (Fsp3) is 0.429. The van der Waals surface area contributed by atoms with Crippen LogP contribution in [-0.2, 0) is 18.0 Å². The van der Waals surface area contributed by atoms with Gasteiger partial charge in [0.1, 0.15) is 5.69 Å². The van der Waals surface area contributed by atoms with E-state index in [-0.39, 0.29) is 35.4 Å². The number of alkyl halides is 3. The zero-order valence-corrected chi connectivity index (χ0v) is 17.0. The molecule has 0 aliphatic carbocycles. The second kappa shape index (κ2) is 9.32. The lowest BCUT2D eigenvalue weighted by molar-refractivity contribution is -0.137. The molecule has 1 saturated heterocycles. The number of aryl methyl sites for hydroxylation is 1. The Morgan fingerprint density at radius 1 is 1.16 bits per heavy atom. The third-order valence-electron chi connectivity index (χ3n) is 5.26. The molecule has 1 aliphatic heterocycles. The first-order valence-corrected chi connectivity index (χ1v) is 9.94. The number of likely N-dealkylation sites (tertiary alicyclic amines) is 1. The monoisotopic (exact) mass is 436 g/mol. The quantitative estimate of drug-likeness (QED) is 0.781. The molecular formula is C21H23F3N4O3. The number of rotatable bonds is 5. The molecule has 1 atom stereocenters. The molecule has 0 bridgehead atoms. The van der Waals surface area contributed by atoms with Gasteiger partial charge in [-0.25, -0.2) is 4.68 Å². The molecule has 2 aromatic rings. The van der Waals surface area contributed by atoms with E-state index >= 15 is 0 Å². The van der Waals surface area contributed by atoms with E-state index in [1.54, 1.807) is 4.90 Å². The van der Waals surface area contributed by atoms with Crippen LogP contribution in [0.4, 0.5) is 18.9 Å². The lowest BCUT2D eigenvalue weighted by atomic mass is 9.93. The second-order valence-corrected chi connectivity index (χ2v) is 7.60. The number of aromatic nitrogens is 2. The molecule has 1 N–H and O–H groups in total. The van der Waals surface area contributed by atoms with E-state index < -0.39 is 11.7 Å². The summed E-state index contributed by atoms with van der Waals surface area (Å²) in [6, 6.07) is 7.00. The number of carbonyl (C=O) groups excluding carboxylic acids is 2. The Bertz CT molecular complexity index is 1000. The highest BCUT2D eigenvalue weighted by Crippen LogP contribution is 2.30. The number of hydrogen-bond acceptors (Lipinski definition) is 4. The van der Waals surface area contributed by atoms with Gasteiger partial charge in [-0.2, -0.15) is 18.3 Å². The minimum Gasteiger partial charge on any atom is -0.337 e. The van der Waals surface area contributed by atoms with Crippen LogP contribution in [-0.4, -0.2) is 39.6 Å². The molecular weight excluding hydrogens is 413 g/mol. The van der Waals surface area contributed by atoms with Gasteiger partial charge < -0.3 is 10.2 Å². The van der Waals surface area contributed by atoms with Gasteiger partial charge in [-0.15, -0.1) is 0 Å². The van der Waals surface area contributed by atoms with Crippen molar-refractivity contribution >= 4 is 17.5 Å². The van der Waals surface area contributed by atoms with Crippen molar-refractivity contribution in [3.8, 4) is 0 Å². The summed E-state index contributed by atoms with van der Waals surface area (Å²) in [6.45, 7) is 1.06. The van der Waals surface area contributed by atoms with Crippen LogP contribution in [0.5, 0.6) is 0 Å². The van der Waals surface area contributed by atoms with E-state index in [0.29, 0.717) is 25.2 Å². The SMILES string of the molecule is Cn1nc(C(=O)N2CCC[C@@H](CCC(=O)Nc3ccc(C(F)(F)F)cc3)C2)ccc1=O. The average Bonchev–Trinajstić information content (AvgIpc) is 2.73. The number of carbonyl (C=O) groups is 2. The summed E-state index contributed by atoms with van der Waals surface area (Å²) in [5, 5.41) is 6.60. The van der Waals surface area contributed by atoms with E-state index in [0.717, 1.165) is 29.7 Å². The summed E-state index contributed by atoms with van der Waals surface area (Å²) >= 11 is 0. The van der Waals surface area contributed by atoms with Gasteiger partial charge in [0.15, 0.2) is 0 Å². The predicted octanol–water partition coefficient (Wildman–Crippen LogP) is 3.07. The third-order valence-corrected chi connectivity index (χ3v) is 5.26. The van der Waals surface area contributed by atoms with Crippen molar-refractivity contribution in [1.82, 2.24) is 14.7 Å². The molecule has 1 fully saturated rings. The van der Waals surface area contributed by atoms with Crippen molar-refractivity contribution in [2.24, 2.45) is 13.0 Å². The summed E-state index contributed by atoms with van der Waals surface area (Å²) in [6.07, 6.45) is -2.00. The highest BCUT2D eigenvalue weighted by Gasteiger charge is 2.30. The lowest BCUT2D eigenvalue weighted by Gasteiger charge is -2.32. The van der Waals surface area contributed by atoms with Crippen LogP contribution in [0.15, 0.2) is 41.2 Å². The van der Waals surface area contributed by atoms with Gasteiger partial charge in [-0.3, -0.25) is 14.4 Å². The van der Waals surface area contributed by atoms with E-state index in [2.05, 4.69) is 10.4 Å². The van der Waals surface area contributed by atoms with Gasteiger partial charge >= 0.3 is 6.18 Å². The Kier molecular flexibility index (Phi) is 6.77. The third kappa shape index (κ3) is 5.93. The van der Waals surface area contributed by atoms with Crippen molar-refractivity contribution in [1.29, 1.82) is 0 Å². The largest absolute Gasteiger partial charge is 0.416 e. The molecule has 0 radical (unpaired) electrons. The first-order valence-electron chi connectivity index (χ1n) is 9.94. The first kappa shape index (κ1) is 22.5. The molecule has 1 aromatic carbocycles. The summed E-state index contributed by atoms with van der Waals surface area (Å²) in [5.41, 5.74) is -0.570. The Labute approximate surface area is 176 Å². The van der Waals surface area contributed by atoms with Crippen LogP contribution < -0.4 is 10.9 Å². The maximum atomic E-state index is 12.7. The molecule has 1 aliphatic rings. The Hall–Kier alpha value is -3.17. The van der Waals surface area contributed by atoms with Gasteiger partial charge in [0, 0.05) is 38.3 Å². The fourth-order valence-electron chi connectivity index (χ4n) is 3.56. The minimum absolute atomic E-state index is 0.128. The highest BCUT2D eigenvalue weighted by molar-refractivity contribution is 5.92. The van der Waals surface area contributed by atoms with Gasteiger partial charge in [0.2, 0.25) is 5.91 Å². The standard InChI is InChI=1S/C21H23F3N4O3/c1-27-19(30)11-9-17(26-27)20(31)28-12-2-3-14(13-28)4-10-18(29)25-16-7-5-15(6-8-16)21(22,23)24/h5-9,11,14H,2-4,10,12-13H2,1H3,(H,25,29)/t14-/m0/s1. The van der Waals surface area contributed by atoms with Gasteiger partial charge in [0.05, 0.1) is 5.56 Å². The number of nitrogens with zero attached hydrogens (tertiary/aromatic N) is 3. The molecule has 166 valence electrons. The van der Waals surface area contributed by atoms with E-state index in [1.165, 1.54) is 31.3 Å². The predicted molar refractivity (Wildman–Crippen MR) is 107 cm³/mol. The Morgan fingerprint density at radius 2 is 1.87 bits per heavy atom. The topological polar surface area (TPSA) is 84.3 Å². The fourth-order valence-corrected chi connectivity index (χ4v) is 3.56. The van der Waals surface area contributed by atoms with Crippen LogP contribution in [0.2, 0.25) is 0 Å². The summed E-state index contributed by atoms with van der Waals surface area (Å²) < 4.78 is 38.9. The zero-order valence-electron chi connectivity index (χ0n) is 17.0. The molecule has 7 nitrogen and oxygen atoms in total. The molecule has 1 aromatic heterocycles. The van der Waals surface area contributed by atoms with E-state index in [1.807, 2.05) is 0 Å². The maximum absolute atomic E-state index is 12.7. The minimum atomic E-state index is -4.42. The van der Waals surface area contributed by atoms with Crippen molar-refractivity contribution in [3.05, 3.63) is 58.0 Å². The van der Waals surface area contributed by atoms with Crippen LogP contribution in [0.1, 0.15) is 41.7 Å². The molecule has 0 saturated carbocycles. The molecule has 10 heteroatoms. The Balaban J connectivity index is 1.51. The van der Waals surface area contributed by atoms with E-state index in [4.69, 9.17) is 0 Å². The molecule has 2 heterocycles. The molecule has 0 unspecified atom stereocenters. The van der Waals surface area contributed by atoms with Crippen LogP contribution in [0, 0.1) is 5.92 Å². The molecule has 2 amide bonds. The number of benzene rings is 1. The zero-order chi connectivity index (χ0) is 22.6. The van der Waals surface area contributed by atoms with Gasteiger partial charge in [-0.1, -0.05) is 0 Å². The van der Waals surface area contributed by atoms with Crippen LogP contribution in [0.25, 0.3) is 0 Å². The van der Waals surface area contributed by atoms with Crippen LogP contribution in [0.3, 0.4) is 0 Å². The maximum Gasteiger partial charge on any atom is 0.416 e. The number of hydrogen-bond donors (Lipinski definition) is 1. The average molecular weight is 436 g/mol. The second-order valence-electron chi connectivity index (χ2n) is 7.60. The molecule has 3 rings (SSSR count). The van der Waals surface area contributed by atoms with E-state index in [9.17, 15) is 27.6 Å². The lowest BCUT2D eigenvalue weighted by Crippen LogP contribution is -2.41. The summed E-state index contributed by atoms with van der Waals surface area (Å²) in [4.78, 5) is 38.0. The number of nitrogens with one attached hydrogen (secondary N) is 1. The number of anilines is 1. The van der Waals surface area contributed by atoms with Gasteiger partial charge in [-0.05, 0) is 55.5 Å². The number of piperidine rings is 1. The van der Waals surface area contributed by atoms with Crippen molar-refractivity contribution < 1.29 is 22.8 Å². The van der Waals surface area contributed by atoms with Crippen molar-refractivity contribution in [2.75, 3.05) is 18.4 Å². The Morgan fingerprint density at radius 3 is 2.52 bits per heavy atom. The normalized spacial score (nSPS) is 16.8. The number of halogens is 3. The van der Waals surface area contributed by atoms with Gasteiger partial charge in [0.25, 0.3) is 11.5 Å². The first-order chi connectivity index (χ1) is 14.6. The van der Waals surface area contributed by atoms with Crippen molar-refractivity contribution in [3.63, 3.8) is 0 Å². The van der Waals surface area contributed by atoms with Crippen LogP contribution >= 0.6 is 0 Å². The molecule has 31 heavy (non-hydrogen) atoms. The summed E-state index contributed by atoms with van der Waals surface area (Å²) in [5.74, 6) is -0.416. The highest BCUT2D eigenvalue weighted by atomic mass is 19.4. The number of amides is 2. The van der Waals surface area contributed by atoms with Crippen molar-refractivity contribution in [2.45, 2.75) is 31.9 Å². The smallest absolute Gasteiger partial charge is 0.337 e. The summed E-state index contributed by atoms with van der Waals surface area (Å²) in [7, 11) is 1.48.